The fraction of sp³-hybridized carbons (Fsp3) is 0.500. The fourth-order valence-electron chi connectivity index (χ4n) is 0.344. The molecule has 1 nitrogen and oxygen atoms in total. The van der Waals surface area contributed by atoms with E-state index in [9.17, 15) is 4.79 Å². The lowest BCUT2D eigenvalue weighted by molar-refractivity contribution is -0.113. The van der Waals surface area contributed by atoms with Crippen LogP contribution in [0.15, 0.2) is 11.6 Å². The van der Waals surface area contributed by atoms with Gasteiger partial charge in [-0.15, -0.1) is 0 Å². The summed E-state index contributed by atoms with van der Waals surface area (Å²) in [5.74, 6) is -0.502. The Hall–Kier alpha value is 0.280. The molecule has 0 aromatic carbocycles. The van der Waals surface area contributed by atoms with Gasteiger partial charge in [-0.3, -0.25) is 4.79 Å². The fourth-order valence-corrected chi connectivity index (χ4v) is 0.508. The van der Waals surface area contributed by atoms with E-state index >= 15 is 0 Å². The Labute approximate surface area is 74.9 Å². The van der Waals surface area contributed by atoms with E-state index < -0.39 is 9.58 Å². The van der Waals surface area contributed by atoms with Crippen LogP contribution < -0.4 is 0 Å². The van der Waals surface area contributed by atoms with Gasteiger partial charge in [-0.2, -0.15) is 0 Å². The van der Waals surface area contributed by atoms with E-state index in [1.54, 1.807) is 13.8 Å². The van der Waals surface area contributed by atoms with Gasteiger partial charge >= 0.3 is 0 Å². The molecule has 0 heterocycles. The van der Waals surface area contributed by atoms with Gasteiger partial charge in [-0.25, -0.2) is 0 Å². The standard InChI is InChI=1S/C6H7Cl3O/c1-4(2)3-5(10)6(7,8)9/h3H,1-2H3. The average molecular weight is 201 g/mol. The molecule has 0 N–H and O–H groups in total. The van der Waals surface area contributed by atoms with E-state index in [-0.39, 0.29) is 0 Å². The first-order valence-electron chi connectivity index (χ1n) is 2.60. The molecule has 0 aliphatic rings. The van der Waals surface area contributed by atoms with Crippen LogP contribution in [0.25, 0.3) is 0 Å². The van der Waals surface area contributed by atoms with E-state index in [2.05, 4.69) is 0 Å². The molecule has 10 heavy (non-hydrogen) atoms. The zero-order valence-electron chi connectivity index (χ0n) is 5.62. The topological polar surface area (TPSA) is 17.1 Å². The Morgan fingerprint density at radius 3 is 1.80 bits per heavy atom. The van der Waals surface area contributed by atoms with E-state index in [0.29, 0.717) is 0 Å². The van der Waals surface area contributed by atoms with Gasteiger partial charge in [-0.1, -0.05) is 40.4 Å². The van der Waals surface area contributed by atoms with Crippen molar-refractivity contribution in [1.29, 1.82) is 0 Å². The van der Waals surface area contributed by atoms with Crippen molar-refractivity contribution < 1.29 is 4.79 Å². The minimum atomic E-state index is -1.81. The lowest BCUT2D eigenvalue weighted by Crippen LogP contribution is -2.15. The maximum Gasteiger partial charge on any atom is 0.252 e. The van der Waals surface area contributed by atoms with Crippen molar-refractivity contribution in [3.05, 3.63) is 11.6 Å². The molecule has 0 aromatic rings. The Bertz CT molecular complexity index is 162. The highest BCUT2D eigenvalue weighted by atomic mass is 35.6. The zero-order valence-corrected chi connectivity index (χ0v) is 7.89. The first-order chi connectivity index (χ1) is 4.34. The van der Waals surface area contributed by atoms with Crippen LogP contribution in [0, 0.1) is 0 Å². The third-order valence-electron chi connectivity index (χ3n) is 0.699. The Balaban J connectivity index is 4.27. The van der Waals surface area contributed by atoms with E-state index in [4.69, 9.17) is 34.8 Å². The Kier molecular flexibility index (Phi) is 3.71. The summed E-state index contributed by atoms with van der Waals surface area (Å²) in [5.41, 5.74) is 0.816. The van der Waals surface area contributed by atoms with Crippen molar-refractivity contribution in [2.45, 2.75) is 17.6 Å². The highest BCUT2D eigenvalue weighted by molar-refractivity contribution is 6.77. The number of hydrogen-bond acceptors (Lipinski definition) is 1. The molecular weight excluding hydrogens is 194 g/mol. The van der Waals surface area contributed by atoms with Crippen molar-refractivity contribution >= 4 is 40.6 Å². The summed E-state index contributed by atoms with van der Waals surface area (Å²) in [4.78, 5) is 10.8. The van der Waals surface area contributed by atoms with Crippen molar-refractivity contribution in [2.75, 3.05) is 0 Å². The highest BCUT2D eigenvalue weighted by Gasteiger charge is 2.27. The highest BCUT2D eigenvalue weighted by Crippen LogP contribution is 2.27. The largest absolute Gasteiger partial charge is 0.290 e. The Morgan fingerprint density at radius 1 is 1.30 bits per heavy atom. The van der Waals surface area contributed by atoms with Crippen LogP contribution in [0.1, 0.15) is 13.8 Å². The number of allylic oxidation sites excluding steroid dienone is 2. The third-order valence-corrected chi connectivity index (χ3v) is 1.26. The molecule has 0 unspecified atom stereocenters. The molecule has 4 heteroatoms. The van der Waals surface area contributed by atoms with Gasteiger partial charge in [0.15, 0.2) is 0 Å². The van der Waals surface area contributed by atoms with Crippen LogP contribution in [-0.2, 0) is 4.79 Å². The van der Waals surface area contributed by atoms with E-state index in [1.807, 2.05) is 0 Å². The van der Waals surface area contributed by atoms with Gasteiger partial charge in [0, 0.05) is 0 Å². The molecular formula is C6H7Cl3O. The molecule has 0 rings (SSSR count). The molecule has 0 aromatic heterocycles. The summed E-state index contributed by atoms with van der Waals surface area (Å²) in [7, 11) is 0. The summed E-state index contributed by atoms with van der Waals surface area (Å²) < 4.78 is -1.81. The number of hydrogen-bond donors (Lipinski definition) is 0. The maximum atomic E-state index is 10.8. The molecule has 0 saturated heterocycles. The molecule has 0 radical (unpaired) electrons. The normalized spacial score (nSPS) is 10.9. The molecule has 0 fully saturated rings. The molecule has 0 aliphatic carbocycles. The van der Waals surface area contributed by atoms with Gasteiger partial charge < -0.3 is 0 Å². The Morgan fingerprint density at radius 2 is 1.70 bits per heavy atom. The van der Waals surface area contributed by atoms with E-state index in [0.717, 1.165) is 5.57 Å². The summed E-state index contributed by atoms with van der Waals surface area (Å²) in [6, 6.07) is 0. The molecule has 0 bridgehead atoms. The molecule has 0 amide bonds. The first-order valence-corrected chi connectivity index (χ1v) is 3.73. The molecule has 0 saturated carbocycles. The molecule has 0 aliphatic heterocycles. The van der Waals surface area contributed by atoms with Crippen LogP contribution in [0.4, 0.5) is 0 Å². The summed E-state index contributed by atoms with van der Waals surface area (Å²) in [5, 5.41) is 0. The summed E-state index contributed by atoms with van der Waals surface area (Å²) in [6.07, 6.45) is 1.30. The smallest absolute Gasteiger partial charge is 0.252 e. The van der Waals surface area contributed by atoms with Crippen molar-refractivity contribution in [3.63, 3.8) is 0 Å². The van der Waals surface area contributed by atoms with Crippen LogP contribution in [0.5, 0.6) is 0 Å². The number of halogens is 3. The van der Waals surface area contributed by atoms with Crippen molar-refractivity contribution in [1.82, 2.24) is 0 Å². The van der Waals surface area contributed by atoms with Crippen molar-refractivity contribution in [3.8, 4) is 0 Å². The summed E-state index contributed by atoms with van der Waals surface area (Å²) >= 11 is 15.8. The quantitative estimate of drug-likeness (QED) is 0.471. The van der Waals surface area contributed by atoms with Gasteiger partial charge in [0.1, 0.15) is 0 Å². The van der Waals surface area contributed by atoms with E-state index in [1.165, 1.54) is 6.08 Å². The molecule has 0 atom stereocenters. The number of carbonyl (C=O) groups is 1. The lowest BCUT2D eigenvalue weighted by atomic mass is 10.3. The average Bonchev–Trinajstić information content (AvgIpc) is 1.60. The second-order valence-electron chi connectivity index (χ2n) is 2.08. The summed E-state index contributed by atoms with van der Waals surface area (Å²) in [6.45, 7) is 3.52. The third kappa shape index (κ3) is 4.15. The second-order valence-corrected chi connectivity index (χ2v) is 4.36. The zero-order chi connectivity index (χ0) is 8.36. The first kappa shape index (κ1) is 10.3. The number of ketones is 1. The number of rotatable bonds is 1. The molecule has 58 valence electrons. The van der Waals surface area contributed by atoms with Crippen molar-refractivity contribution in [2.24, 2.45) is 0 Å². The van der Waals surface area contributed by atoms with Gasteiger partial charge in [0.05, 0.1) is 0 Å². The van der Waals surface area contributed by atoms with Crippen LogP contribution in [0.2, 0.25) is 0 Å². The second kappa shape index (κ2) is 3.61. The van der Waals surface area contributed by atoms with Gasteiger partial charge in [0.25, 0.3) is 3.79 Å². The minimum Gasteiger partial charge on any atom is -0.290 e. The van der Waals surface area contributed by atoms with Gasteiger partial charge in [0.2, 0.25) is 5.78 Å². The SMILES string of the molecule is CC(C)=CC(=O)C(Cl)(Cl)Cl. The number of carbonyl (C=O) groups excluding carboxylic acids is 1. The van der Waals surface area contributed by atoms with Crippen LogP contribution in [-0.4, -0.2) is 9.58 Å². The van der Waals surface area contributed by atoms with Crippen LogP contribution in [0.3, 0.4) is 0 Å². The lowest BCUT2D eigenvalue weighted by Gasteiger charge is -2.04. The molecule has 0 spiro atoms. The van der Waals surface area contributed by atoms with Gasteiger partial charge in [-0.05, 0) is 19.9 Å². The monoisotopic (exact) mass is 200 g/mol. The minimum absolute atomic E-state index is 0.502. The predicted molar refractivity (Wildman–Crippen MR) is 44.7 cm³/mol. The number of alkyl halides is 3. The predicted octanol–water partition coefficient (Wildman–Crippen LogP) is 2.89. The van der Waals surface area contributed by atoms with Crippen LogP contribution >= 0.6 is 34.8 Å². The maximum absolute atomic E-state index is 10.8.